The average molecular weight is 414 g/mol. The number of aromatic nitrogens is 2. The van der Waals surface area contributed by atoms with Crippen molar-refractivity contribution in [1.82, 2.24) is 15.3 Å². The van der Waals surface area contributed by atoms with Crippen LogP contribution in [0, 0.1) is 0 Å². The molecule has 2 aliphatic heterocycles. The van der Waals surface area contributed by atoms with Crippen molar-refractivity contribution in [3.05, 3.63) is 66.0 Å². The first kappa shape index (κ1) is 18.8. The van der Waals surface area contributed by atoms with Crippen LogP contribution in [0.15, 0.2) is 54.7 Å². The van der Waals surface area contributed by atoms with Crippen LogP contribution in [0.2, 0.25) is 0 Å². The van der Waals surface area contributed by atoms with E-state index in [4.69, 9.17) is 9.72 Å². The van der Waals surface area contributed by atoms with E-state index in [-0.39, 0.29) is 5.41 Å². The molecular weight excluding hydrogens is 386 g/mol. The zero-order chi connectivity index (χ0) is 20.7. The summed E-state index contributed by atoms with van der Waals surface area (Å²) in [6, 6.07) is 17.3. The number of fused-ring (bicyclic) bond motifs is 5. The normalized spacial score (nSPS) is 19.2. The number of morpholine rings is 1. The van der Waals surface area contributed by atoms with Gasteiger partial charge in [0, 0.05) is 41.6 Å². The molecule has 6 heteroatoms. The number of ether oxygens (including phenoxy) is 1. The molecule has 6 nitrogen and oxygen atoms in total. The quantitative estimate of drug-likeness (QED) is 0.683. The van der Waals surface area contributed by atoms with Crippen molar-refractivity contribution in [2.45, 2.75) is 18.3 Å². The molecule has 6 rings (SSSR count). The highest BCUT2D eigenvalue weighted by Gasteiger charge is 2.45. The predicted molar refractivity (Wildman–Crippen MR) is 123 cm³/mol. The van der Waals surface area contributed by atoms with E-state index in [1.165, 1.54) is 28.1 Å². The molecule has 2 fully saturated rings. The van der Waals surface area contributed by atoms with Gasteiger partial charge in [0.15, 0.2) is 0 Å². The minimum atomic E-state index is -0.00324. The number of nitrogens with one attached hydrogen (secondary N) is 2. The highest BCUT2D eigenvalue weighted by atomic mass is 16.5. The van der Waals surface area contributed by atoms with Crippen LogP contribution in [0.1, 0.15) is 24.1 Å². The lowest BCUT2D eigenvalue weighted by Crippen LogP contribution is -2.40. The summed E-state index contributed by atoms with van der Waals surface area (Å²) in [6.07, 6.45) is 4.14. The zero-order valence-electron chi connectivity index (χ0n) is 17.6. The van der Waals surface area contributed by atoms with E-state index in [2.05, 4.69) is 69.0 Å². The van der Waals surface area contributed by atoms with E-state index in [1.54, 1.807) is 0 Å². The number of hydrogen-bond donors (Lipinski definition) is 2. The molecule has 0 bridgehead atoms. The van der Waals surface area contributed by atoms with Crippen LogP contribution in [0.25, 0.3) is 11.1 Å². The Labute approximate surface area is 182 Å². The third-order valence-corrected chi connectivity index (χ3v) is 6.93. The molecule has 0 unspecified atom stereocenters. The van der Waals surface area contributed by atoms with Gasteiger partial charge in [-0.3, -0.25) is 0 Å². The fraction of sp³-hybridized carbons (Fsp3) is 0.360. The lowest BCUT2D eigenvalue weighted by Gasteiger charge is -2.35. The van der Waals surface area contributed by atoms with Crippen LogP contribution in [-0.2, 0) is 10.2 Å². The van der Waals surface area contributed by atoms with Crippen LogP contribution >= 0.6 is 0 Å². The summed E-state index contributed by atoms with van der Waals surface area (Å²) in [5.41, 5.74) is 7.30. The molecule has 1 aromatic heterocycles. The van der Waals surface area contributed by atoms with Crippen molar-refractivity contribution in [1.29, 1.82) is 0 Å². The summed E-state index contributed by atoms with van der Waals surface area (Å²) in [6.45, 7) is 5.51. The number of piperidine rings is 1. The van der Waals surface area contributed by atoms with Crippen LogP contribution in [0.3, 0.4) is 0 Å². The smallest absolute Gasteiger partial charge is 0.227 e. The molecule has 3 aromatic rings. The molecule has 0 atom stereocenters. The summed E-state index contributed by atoms with van der Waals surface area (Å²) in [4.78, 5) is 12.1. The van der Waals surface area contributed by atoms with Gasteiger partial charge in [-0.25, -0.2) is 9.97 Å². The van der Waals surface area contributed by atoms with E-state index < -0.39 is 0 Å². The van der Waals surface area contributed by atoms with Crippen LogP contribution in [0.4, 0.5) is 17.3 Å². The first-order chi connectivity index (χ1) is 15.3. The minimum absolute atomic E-state index is 0.00324. The molecule has 2 aromatic carbocycles. The Morgan fingerprint density at radius 2 is 1.71 bits per heavy atom. The Bertz CT molecular complexity index is 1090. The monoisotopic (exact) mass is 413 g/mol. The van der Waals surface area contributed by atoms with Crippen molar-refractivity contribution in [2.24, 2.45) is 0 Å². The molecular formula is C25H27N5O. The van der Waals surface area contributed by atoms with E-state index in [0.29, 0.717) is 5.95 Å². The number of rotatable bonds is 3. The summed E-state index contributed by atoms with van der Waals surface area (Å²) in [5, 5.41) is 6.94. The Balaban J connectivity index is 1.30. The topological polar surface area (TPSA) is 62.3 Å². The highest BCUT2D eigenvalue weighted by molar-refractivity contribution is 5.80. The maximum Gasteiger partial charge on any atom is 0.227 e. The molecule has 2 saturated heterocycles. The number of nitrogens with zero attached hydrogens (tertiary/aromatic N) is 3. The molecule has 0 saturated carbocycles. The van der Waals surface area contributed by atoms with Gasteiger partial charge in [0.25, 0.3) is 0 Å². The molecule has 0 radical (unpaired) electrons. The maximum atomic E-state index is 5.46. The fourth-order valence-electron chi connectivity index (χ4n) is 5.33. The predicted octanol–water partition coefficient (Wildman–Crippen LogP) is 3.71. The first-order valence-corrected chi connectivity index (χ1v) is 11.2. The van der Waals surface area contributed by atoms with Gasteiger partial charge in [-0.15, -0.1) is 0 Å². The van der Waals surface area contributed by atoms with E-state index >= 15 is 0 Å². The van der Waals surface area contributed by atoms with Gasteiger partial charge in [-0.2, -0.15) is 0 Å². The van der Waals surface area contributed by atoms with Gasteiger partial charge in [0.1, 0.15) is 0 Å². The SMILES string of the molecule is c1ccc2c(c1)-c1cnc(Nc3ccc(N4CCOCC4)cc3)nc1C21CCNCC1. The molecule has 0 amide bonds. The highest BCUT2D eigenvalue weighted by Crippen LogP contribution is 2.52. The first-order valence-electron chi connectivity index (χ1n) is 11.2. The number of hydrogen-bond acceptors (Lipinski definition) is 6. The lowest BCUT2D eigenvalue weighted by atomic mass is 9.73. The van der Waals surface area contributed by atoms with Gasteiger partial charge >= 0.3 is 0 Å². The van der Waals surface area contributed by atoms with Gasteiger partial charge in [0.05, 0.1) is 18.9 Å². The average Bonchev–Trinajstić information content (AvgIpc) is 3.10. The second-order valence-corrected chi connectivity index (χ2v) is 8.60. The molecule has 1 aliphatic carbocycles. The summed E-state index contributed by atoms with van der Waals surface area (Å²) >= 11 is 0. The number of anilines is 3. The summed E-state index contributed by atoms with van der Waals surface area (Å²) in [5.74, 6) is 0.670. The lowest BCUT2D eigenvalue weighted by molar-refractivity contribution is 0.122. The Kier molecular flexibility index (Phi) is 4.62. The van der Waals surface area contributed by atoms with E-state index in [9.17, 15) is 0 Å². The van der Waals surface area contributed by atoms with Crippen molar-refractivity contribution < 1.29 is 4.74 Å². The Morgan fingerprint density at radius 1 is 0.935 bits per heavy atom. The molecule has 3 aliphatic rings. The largest absolute Gasteiger partial charge is 0.378 e. The summed E-state index contributed by atoms with van der Waals surface area (Å²) < 4.78 is 5.46. The molecule has 31 heavy (non-hydrogen) atoms. The third-order valence-electron chi connectivity index (χ3n) is 6.93. The van der Waals surface area contributed by atoms with Gasteiger partial charge in [-0.1, -0.05) is 24.3 Å². The van der Waals surface area contributed by atoms with E-state index in [1.807, 2.05) is 6.20 Å². The van der Waals surface area contributed by atoms with Crippen LogP contribution in [-0.4, -0.2) is 49.4 Å². The third kappa shape index (κ3) is 3.18. The van der Waals surface area contributed by atoms with Gasteiger partial charge in [-0.05, 0) is 61.3 Å². The van der Waals surface area contributed by atoms with Crippen molar-refractivity contribution in [2.75, 3.05) is 49.6 Å². The van der Waals surface area contributed by atoms with Gasteiger partial charge < -0.3 is 20.3 Å². The molecule has 2 N–H and O–H groups in total. The van der Waals surface area contributed by atoms with Gasteiger partial charge in [0.2, 0.25) is 5.95 Å². The van der Waals surface area contributed by atoms with Crippen molar-refractivity contribution in [3.8, 4) is 11.1 Å². The second-order valence-electron chi connectivity index (χ2n) is 8.60. The van der Waals surface area contributed by atoms with E-state index in [0.717, 1.165) is 57.9 Å². The maximum absolute atomic E-state index is 5.46. The Hall–Kier alpha value is -2.96. The van der Waals surface area contributed by atoms with Crippen LogP contribution < -0.4 is 15.5 Å². The standard InChI is InChI=1S/C25H27N5O/c1-2-4-22-20(3-1)21-17-27-24(29-23(21)25(22)9-11-26-12-10-25)28-18-5-7-19(8-6-18)30-13-15-31-16-14-30/h1-8,17,26H,9-16H2,(H,27,28,29). The van der Waals surface area contributed by atoms with Crippen molar-refractivity contribution in [3.63, 3.8) is 0 Å². The molecule has 158 valence electrons. The Morgan fingerprint density at radius 3 is 2.52 bits per heavy atom. The fourth-order valence-corrected chi connectivity index (χ4v) is 5.33. The number of benzene rings is 2. The second kappa shape index (κ2) is 7.62. The molecule has 3 heterocycles. The van der Waals surface area contributed by atoms with Crippen molar-refractivity contribution >= 4 is 17.3 Å². The summed E-state index contributed by atoms with van der Waals surface area (Å²) in [7, 11) is 0. The molecule has 1 spiro atoms. The minimum Gasteiger partial charge on any atom is -0.378 e. The zero-order valence-corrected chi connectivity index (χ0v) is 17.6. The van der Waals surface area contributed by atoms with Crippen LogP contribution in [0.5, 0.6) is 0 Å².